The topological polar surface area (TPSA) is 96.5 Å². The van der Waals surface area contributed by atoms with Crippen LogP contribution in [0.1, 0.15) is 47.4 Å². The lowest BCUT2D eigenvalue weighted by Gasteiger charge is -2.10. The Balaban J connectivity index is 1.91. The van der Waals surface area contributed by atoms with E-state index in [1.165, 1.54) is 0 Å². The van der Waals surface area contributed by atoms with Gasteiger partial charge < -0.3 is 10.1 Å². The Kier molecular flexibility index (Phi) is 8.01. The van der Waals surface area contributed by atoms with Gasteiger partial charge in [-0.15, -0.1) is 0 Å². The summed E-state index contributed by atoms with van der Waals surface area (Å²) in [7, 11) is 0. The Hall–Kier alpha value is -2.87. The fourth-order valence-corrected chi connectivity index (χ4v) is 2.82. The summed E-state index contributed by atoms with van der Waals surface area (Å²) < 4.78 is 6.05. The van der Waals surface area contributed by atoms with Crippen LogP contribution in [0.5, 0.6) is 5.75 Å². The number of hydrogen-bond acceptors (Lipinski definition) is 4. The zero-order valence-corrected chi connectivity index (χ0v) is 17.3. The molecule has 0 aliphatic rings. The molecule has 0 unspecified atom stereocenters. The second kappa shape index (κ2) is 10.5. The molecule has 0 bridgehead atoms. The molecule has 0 atom stereocenters. The summed E-state index contributed by atoms with van der Waals surface area (Å²) in [6.07, 6.45) is 1.20. The molecule has 0 saturated carbocycles. The highest BCUT2D eigenvalue weighted by molar-refractivity contribution is 9.10. The largest absolute Gasteiger partial charge is 0.493 e. The molecule has 0 aromatic heterocycles. The molecule has 0 spiro atoms. The van der Waals surface area contributed by atoms with Gasteiger partial charge in [0, 0.05) is 23.2 Å². The highest BCUT2D eigenvalue weighted by atomic mass is 79.9. The molecule has 0 heterocycles. The molecule has 0 fully saturated rings. The number of amides is 3. The van der Waals surface area contributed by atoms with Crippen molar-refractivity contribution in [2.24, 2.45) is 0 Å². The quantitative estimate of drug-likeness (QED) is 0.564. The zero-order chi connectivity index (χ0) is 20.5. The van der Waals surface area contributed by atoms with Crippen LogP contribution in [0.3, 0.4) is 0 Å². The van der Waals surface area contributed by atoms with Crippen molar-refractivity contribution in [1.82, 2.24) is 10.9 Å². The van der Waals surface area contributed by atoms with E-state index in [9.17, 15) is 14.4 Å². The van der Waals surface area contributed by atoms with Gasteiger partial charge in [0.1, 0.15) is 5.75 Å². The molecule has 0 aliphatic heterocycles. The first-order valence-electron chi connectivity index (χ1n) is 8.87. The van der Waals surface area contributed by atoms with Crippen LogP contribution in [0, 0.1) is 0 Å². The maximum Gasteiger partial charge on any atom is 0.269 e. The number of ether oxygens (including phenoxy) is 1. The first kappa shape index (κ1) is 21.4. The molecule has 2 rings (SSSR count). The fraction of sp³-hybridized carbons (Fsp3) is 0.250. The van der Waals surface area contributed by atoms with E-state index in [2.05, 4.69) is 32.1 Å². The van der Waals surface area contributed by atoms with E-state index in [-0.39, 0.29) is 5.91 Å². The Morgan fingerprint density at radius 2 is 1.54 bits per heavy atom. The van der Waals surface area contributed by atoms with Crippen LogP contribution in [0.25, 0.3) is 0 Å². The van der Waals surface area contributed by atoms with E-state index in [4.69, 9.17) is 4.74 Å². The number of nitrogens with one attached hydrogen (secondary N) is 3. The number of halogens is 1. The number of benzene rings is 2. The number of anilines is 1. The minimum absolute atomic E-state index is 0.0755. The Labute approximate surface area is 171 Å². The third kappa shape index (κ3) is 6.09. The molecule has 7 nitrogen and oxygen atoms in total. The van der Waals surface area contributed by atoms with Crippen LogP contribution in [0.4, 0.5) is 5.69 Å². The summed E-state index contributed by atoms with van der Waals surface area (Å²) in [4.78, 5) is 36.0. The van der Waals surface area contributed by atoms with Crippen LogP contribution < -0.4 is 20.9 Å². The van der Waals surface area contributed by atoms with Crippen molar-refractivity contribution in [1.29, 1.82) is 0 Å². The lowest BCUT2D eigenvalue weighted by atomic mass is 10.2. The second-order valence-corrected chi connectivity index (χ2v) is 6.72. The van der Waals surface area contributed by atoms with Gasteiger partial charge in [0.2, 0.25) is 5.91 Å². The van der Waals surface area contributed by atoms with Gasteiger partial charge in [-0.3, -0.25) is 25.2 Å². The number of carbonyl (C=O) groups excluding carboxylic acids is 3. The van der Waals surface area contributed by atoms with Crippen molar-refractivity contribution < 1.29 is 19.1 Å². The Morgan fingerprint density at radius 1 is 0.929 bits per heavy atom. The van der Waals surface area contributed by atoms with Crippen molar-refractivity contribution in [2.75, 3.05) is 11.9 Å². The molecule has 0 saturated heterocycles. The van der Waals surface area contributed by atoms with Crippen molar-refractivity contribution in [2.45, 2.75) is 26.7 Å². The minimum atomic E-state index is -0.468. The smallest absolute Gasteiger partial charge is 0.269 e. The summed E-state index contributed by atoms with van der Waals surface area (Å²) in [5.74, 6) is -0.368. The van der Waals surface area contributed by atoms with Gasteiger partial charge in [-0.2, -0.15) is 0 Å². The van der Waals surface area contributed by atoms with Crippen molar-refractivity contribution in [3.8, 4) is 5.75 Å². The molecular weight excluding hydrogens is 426 g/mol. The van der Waals surface area contributed by atoms with Gasteiger partial charge in [-0.25, -0.2) is 0 Å². The molecular formula is C20H22BrN3O4. The zero-order valence-electron chi connectivity index (χ0n) is 15.7. The highest BCUT2D eigenvalue weighted by Gasteiger charge is 2.11. The van der Waals surface area contributed by atoms with Gasteiger partial charge in [0.15, 0.2) is 0 Å². The average molecular weight is 448 g/mol. The summed E-state index contributed by atoms with van der Waals surface area (Å²) in [6.45, 7) is 4.31. The molecule has 3 N–H and O–H groups in total. The van der Waals surface area contributed by atoms with Gasteiger partial charge in [-0.1, -0.05) is 6.92 Å². The third-order valence-electron chi connectivity index (χ3n) is 3.69. The van der Waals surface area contributed by atoms with Crippen LogP contribution >= 0.6 is 15.9 Å². The van der Waals surface area contributed by atoms with E-state index in [1.807, 2.05) is 13.8 Å². The van der Waals surface area contributed by atoms with Crippen LogP contribution in [0.2, 0.25) is 0 Å². The third-order valence-corrected chi connectivity index (χ3v) is 4.31. The van der Waals surface area contributed by atoms with E-state index in [0.717, 1.165) is 6.42 Å². The second-order valence-electron chi connectivity index (χ2n) is 5.86. The predicted octanol–water partition coefficient (Wildman–Crippen LogP) is 3.66. The minimum Gasteiger partial charge on any atom is -0.493 e. The SMILES string of the molecule is CCCC(=O)Nc1ccc(C(=O)NNC(=O)c2ccc(OCC)c(Br)c2)cc1. The molecule has 28 heavy (non-hydrogen) atoms. The molecule has 2 aromatic rings. The van der Waals surface area contributed by atoms with Gasteiger partial charge in [-0.05, 0) is 71.7 Å². The molecule has 2 aromatic carbocycles. The Morgan fingerprint density at radius 3 is 2.11 bits per heavy atom. The van der Waals surface area contributed by atoms with Crippen molar-refractivity contribution >= 4 is 39.3 Å². The standard InChI is InChI=1S/C20H22BrN3O4/c1-3-5-18(25)22-15-9-6-13(7-10-15)19(26)23-24-20(27)14-8-11-17(28-4-2)16(21)12-14/h6-12H,3-5H2,1-2H3,(H,22,25)(H,23,26)(H,24,27). The molecule has 148 valence electrons. The van der Waals surface area contributed by atoms with E-state index in [1.54, 1.807) is 42.5 Å². The molecule has 8 heteroatoms. The van der Waals surface area contributed by atoms with Crippen LogP contribution in [0.15, 0.2) is 46.9 Å². The summed E-state index contributed by atoms with van der Waals surface area (Å²) >= 11 is 3.34. The monoisotopic (exact) mass is 447 g/mol. The van der Waals surface area contributed by atoms with E-state index in [0.29, 0.717) is 40.1 Å². The summed E-state index contributed by atoms with van der Waals surface area (Å²) in [6, 6.07) is 11.3. The number of carbonyl (C=O) groups is 3. The molecule has 0 radical (unpaired) electrons. The first-order valence-corrected chi connectivity index (χ1v) is 9.66. The Bertz CT molecular complexity index is 853. The number of hydrogen-bond donors (Lipinski definition) is 3. The van der Waals surface area contributed by atoms with Gasteiger partial charge >= 0.3 is 0 Å². The number of rotatable bonds is 7. The van der Waals surface area contributed by atoms with Crippen LogP contribution in [-0.4, -0.2) is 24.3 Å². The molecule has 0 aliphatic carbocycles. The van der Waals surface area contributed by atoms with E-state index < -0.39 is 11.8 Å². The predicted molar refractivity (Wildman–Crippen MR) is 110 cm³/mol. The molecule has 3 amide bonds. The maximum absolute atomic E-state index is 12.2. The van der Waals surface area contributed by atoms with Crippen molar-refractivity contribution in [3.63, 3.8) is 0 Å². The average Bonchev–Trinajstić information content (AvgIpc) is 2.68. The van der Waals surface area contributed by atoms with Crippen LogP contribution in [-0.2, 0) is 4.79 Å². The van der Waals surface area contributed by atoms with E-state index >= 15 is 0 Å². The normalized spacial score (nSPS) is 10.1. The van der Waals surface area contributed by atoms with Crippen molar-refractivity contribution in [3.05, 3.63) is 58.1 Å². The number of hydrazine groups is 1. The lowest BCUT2D eigenvalue weighted by Crippen LogP contribution is -2.41. The summed E-state index contributed by atoms with van der Waals surface area (Å²) in [5, 5.41) is 2.74. The highest BCUT2D eigenvalue weighted by Crippen LogP contribution is 2.25. The maximum atomic E-state index is 12.2. The van der Waals surface area contributed by atoms with Gasteiger partial charge in [0.25, 0.3) is 11.8 Å². The lowest BCUT2D eigenvalue weighted by molar-refractivity contribution is -0.116. The first-order chi connectivity index (χ1) is 13.4. The van der Waals surface area contributed by atoms with Gasteiger partial charge in [0.05, 0.1) is 11.1 Å². The summed E-state index contributed by atoms with van der Waals surface area (Å²) in [5.41, 5.74) is 6.06. The fourth-order valence-electron chi connectivity index (χ4n) is 2.33.